The molecule has 1 saturated heterocycles. The van der Waals surface area contributed by atoms with Crippen molar-refractivity contribution in [2.45, 2.75) is 19.6 Å². The molecule has 8 heteroatoms. The van der Waals surface area contributed by atoms with E-state index in [1.165, 1.54) is 19.9 Å². The van der Waals surface area contributed by atoms with Crippen molar-refractivity contribution in [3.8, 4) is 17.6 Å². The molecule has 0 atom stereocenters. The maximum Gasteiger partial charge on any atom is 0.350 e. The molecule has 0 aliphatic carbocycles. The summed E-state index contributed by atoms with van der Waals surface area (Å²) in [4.78, 5) is 23.7. The summed E-state index contributed by atoms with van der Waals surface area (Å²) in [6.45, 7) is 2.98. The Bertz CT molecular complexity index is 753. The number of hydrogen-bond acceptors (Lipinski definition) is 8. The first-order valence-electron chi connectivity index (χ1n) is 6.67. The third-order valence-electron chi connectivity index (χ3n) is 3.12. The lowest BCUT2D eigenvalue weighted by Gasteiger charge is -2.29. The van der Waals surface area contributed by atoms with Gasteiger partial charge in [0.15, 0.2) is 17.1 Å². The monoisotopic (exact) mass is 316 g/mol. The van der Waals surface area contributed by atoms with E-state index in [-0.39, 0.29) is 17.9 Å². The Morgan fingerprint density at radius 2 is 1.78 bits per heavy atom. The number of hydrogen-bond donors (Lipinski definition) is 1. The van der Waals surface area contributed by atoms with Crippen molar-refractivity contribution in [2.75, 3.05) is 12.1 Å². The van der Waals surface area contributed by atoms with Gasteiger partial charge >= 0.3 is 11.9 Å². The van der Waals surface area contributed by atoms with E-state index < -0.39 is 17.7 Å². The average Bonchev–Trinajstić information content (AvgIpc) is 2.91. The van der Waals surface area contributed by atoms with Crippen molar-refractivity contribution >= 4 is 17.6 Å². The first kappa shape index (κ1) is 14.7. The number of anilines is 1. The van der Waals surface area contributed by atoms with Crippen LogP contribution in [0.1, 0.15) is 19.4 Å². The first-order chi connectivity index (χ1) is 10.9. The molecule has 118 valence electrons. The molecule has 23 heavy (non-hydrogen) atoms. The van der Waals surface area contributed by atoms with Crippen LogP contribution in [0.15, 0.2) is 23.9 Å². The van der Waals surface area contributed by atoms with Crippen molar-refractivity contribution in [2.24, 2.45) is 0 Å². The number of cyclic esters (lactones) is 2. The minimum Gasteiger partial charge on any atom is -0.454 e. The molecule has 1 fully saturated rings. The van der Waals surface area contributed by atoms with E-state index in [9.17, 15) is 9.59 Å². The smallest absolute Gasteiger partial charge is 0.350 e. The minimum absolute atomic E-state index is 0.0679. The van der Waals surface area contributed by atoms with Gasteiger partial charge in [-0.05, 0) is 0 Å². The predicted molar refractivity (Wildman–Crippen MR) is 75.2 cm³/mol. The molecule has 2 heterocycles. The summed E-state index contributed by atoms with van der Waals surface area (Å²) in [7, 11) is 0. The summed E-state index contributed by atoms with van der Waals surface area (Å²) in [6.07, 6.45) is 1.14. The zero-order chi connectivity index (χ0) is 16.6. The maximum absolute atomic E-state index is 11.8. The quantitative estimate of drug-likeness (QED) is 0.496. The second-order valence-electron chi connectivity index (χ2n) is 5.24. The van der Waals surface area contributed by atoms with Crippen LogP contribution in [0, 0.1) is 11.3 Å². The maximum atomic E-state index is 11.8. The zero-order valence-corrected chi connectivity index (χ0v) is 12.3. The largest absolute Gasteiger partial charge is 0.454 e. The highest BCUT2D eigenvalue weighted by Gasteiger charge is 2.39. The standard InChI is InChI=1S/C15H12N2O6/c1-15(2)22-13(18)9(14(19)23-15)6-17-10-4-12-11(20-7-21-12)3-8(10)5-16/h3-4,6,17H,7H2,1-2H3. The van der Waals surface area contributed by atoms with Crippen LogP contribution in [0.3, 0.4) is 0 Å². The molecule has 1 aromatic carbocycles. The highest BCUT2D eigenvalue weighted by Crippen LogP contribution is 2.37. The number of fused-ring (bicyclic) bond motifs is 1. The molecular weight excluding hydrogens is 304 g/mol. The molecule has 1 aromatic rings. The van der Waals surface area contributed by atoms with Crippen molar-refractivity contribution in [3.05, 3.63) is 29.5 Å². The van der Waals surface area contributed by atoms with E-state index in [1.54, 1.807) is 6.07 Å². The summed E-state index contributed by atoms with van der Waals surface area (Å²) in [5.41, 5.74) is 0.324. The Labute approximate surface area is 131 Å². The molecule has 0 unspecified atom stereocenters. The third-order valence-corrected chi connectivity index (χ3v) is 3.12. The van der Waals surface area contributed by atoms with E-state index in [4.69, 9.17) is 24.2 Å². The molecule has 0 saturated carbocycles. The van der Waals surface area contributed by atoms with Gasteiger partial charge in [-0.2, -0.15) is 5.26 Å². The number of rotatable bonds is 2. The summed E-state index contributed by atoms with van der Waals surface area (Å²) < 4.78 is 20.4. The van der Waals surface area contributed by atoms with Crippen molar-refractivity contribution in [1.82, 2.24) is 0 Å². The molecule has 3 rings (SSSR count). The molecule has 0 radical (unpaired) electrons. The number of nitrogens with one attached hydrogen (secondary N) is 1. The molecule has 2 aliphatic heterocycles. The first-order valence-corrected chi connectivity index (χ1v) is 6.67. The van der Waals surface area contributed by atoms with Crippen molar-refractivity contribution < 1.29 is 28.5 Å². The third kappa shape index (κ3) is 2.76. The van der Waals surface area contributed by atoms with Crippen LogP contribution >= 0.6 is 0 Å². The van der Waals surface area contributed by atoms with Gasteiger partial charge < -0.3 is 24.3 Å². The second-order valence-corrected chi connectivity index (χ2v) is 5.24. The van der Waals surface area contributed by atoms with Crippen LogP contribution in [0.5, 0.6) is 11.5 Å². The molecule has 0 aromatic heterocycles. The summed E-state index contributed by atoms with van der Waals surface area (Å²) in [5, 5.41) is 11.9. The Hall–Kier alpha value is -3.21. The number of ether oxygens (including phenoxy) is 4. The summed E-state index contributed by atoms with van der Waals surface area (Å²) >= 11 is 0. The van der Waals surface area contributed by atoms with E-state index in [1.807, 2.05) is 6.07 Å². The van der Waals surface area contributed by atoms with Gasteiger partial charge in [0.25, 0.3) is 5.79 Å². The Kier molecular flexibility index (Phi) is 3.33. The Balaban J connectivity index is 1.87. The van der Waals surface area contributed by atoms with E-state index in [0.717, 1.165) is 6.20 Å². The second kappa shape index (κ2) is 5.21. The minimum atomic E-state index is -1.30. The summed E-state index contributed by atoms with van der Waals surface area (Å²) in [5.74, 6) is -2.00. The van der Waals surface area contributed by atoms with Gasteiger partial charge in [-0.15, -0.1) is 0 Å². The van der Waals surface area contributed by atoms with Gasteiger partial charge in [-0.3, -0.25) is 0 Å². The molecule has 1 N–H and O–H groups in total. The fourth-order valence-corrected chi connectivity index (χ4v) is 2.08. The molecule has 2 aliphatic rings. The van der Waals surface area contributed by atoms with Gasteiger partial charge in [-0.25, -0.2) is 9.59 Å². The number of nitrogens with zero attached hydrogens (tertiary/aromatic N) is 1. The Morgan fingerprint density at radius 1 is 1.17 bits per heavy atom. The van der Waals surface area contributed by atoms with Crippen molar-refractivity contribution in [3.63, 3.8) is 0 Å². The van der Waals surface area contributed by atoms with Gasteiger partial charge in [0, 0.05) is 32.2 Å². The average molecular weight is 316 g/mol. The highest BCUT2D eigenvalue weighted by atomic mass is 16.7. The van der Waals surface area contributed by atoms with E-state index >= 15 is 0 Å². The van der Waals surface area contributed by atoms with Gasteiger partial charge in [-0.1, -0.05) is 0 Å². The normalized spacial score (nSPS) is 17.9. The molecule has 0 bridgehead atoms. The zero-order valence-electron chi connectivity index (χ0n) is 12.3. The Morgan fingerprint density at radius 3 is 2.39 bits per heavy atom. The van der Waals surface area contributed by atoms with Crippen LogP contribution in [-0.4, -0.2) is 24.5 Å². The fraction of sp³-hybridized carbons (Fsp3) is 0.267. The highest BCUT2D eigenvalue weighted by molar-refractivity contribution is 6.15. The number of carbonyl (C=O) groups excluding carboxylic acids is 2. The number of esters is 2. The lowest BCUT2D eigenvalue weighted by atomic mass is 10.1. The van der Waals surface area contributed by atoms with Crippen LogP contribution in [0.2, 0.25) is 0 Å². The van der Waals surface area contributed by atoms with E-state index in [2.05, 4.69) is 5.32 Å². The van der Waals surface area contributed by atoms with Crippen LogP contribution in [0.4, 0.5) is 5.69 Å². The molecular formula is C15H12N2O6. The number of carbonyl (C=O) groups is 2. The lowest BCUT2D eigenvalue weighted by Crippen LogP contribution is -2.42. The van der Waals surface area contributed by atoms with Gasteiger partial charge in [0.2, 0.25) is 6.79 Å². The molecule has 0 spiro atoms. The van der Waals surface area contributed by atoms with Crippen molar-refractivity contribution in [1.29, 1.82) is 5.26 Å². The SMILES string of the molecule is CC1(C)OC(=O)C(=CNc2cc3c(cc2C#N)OCO3)C(=O)O1. The van der Waals surface area contributed by atoms with Crippen LogP contribution in [-0.2, 0) is 19.1 Å². The van der Waals surface area contributed by atoms with Gasteiger partial charge in [0.1, 0.15) is 6.07 Å². The lowest BCUT2D eigenvalue weighted by molar-refractivity contribution is -0.222. The van der Waals surface area contributed by atoms with Crippen LogP contribution < -0.4 is 14.8 Å². The van der Waals surface area contributed by atoms with E-state index in [0.29, 0.717) is 17.2 Å². The van der Waals surface area contributed by atoms with Crippen LogP contribution in [0.25, 0.3) is 0 Å². The summed E-state index contributed by atoms with van der Waals surface area (Å²) in [6, 6.07) is 5.04. The molecule has 0 amide bonds. The fourth-order valence-electron chi connectivity index (χ4n) is 2.08. The topological polar surface area (TPSA) is 107 Å². The van der Waals surface area contributed by atoms with Gasteiger partial charge in [0.05, 0.1) is 11.3 Å². The predicted octanol–water partition coefficient (Wildman–Crippen LogP) is 1.42. The number of nitriles is 1. The number of benzene rings is 1. The molecule has 8 nitrogen and oxygen atoms in total.